The van der Waals surface area contributed by atoms with Crippen molar-refractivity contribution < 1.29 is 23.0 Å². The Morgan fingerprint density at radius 2 is 1.72 bits per heavy atom. The Hall–Kier alpha value is -0.370. The molecule has 1 atom stereocenters. The molecule has 0 radical (unpaired) electrons. The Morgan fingerprint density at radius 3 is 2.22 bits per heavy atom. The predicted octanol–water partition coefficient (Wildman–Crippen LogP) is 0.564. The van der Waals surface area contributed by atoms with E-state index in [0.29, 0.717) is 13.1 Å². The molecule has 0 unspecified atom stereocenters. The quantitative estimate of drug-likeness (QED) is 0.716. The number of hydrogen-bond acceptors (Lipinski definition) is 4. The second-order valence-corrected chi connectivity index (χ2v) is 4.66. The fourth-order valence-corrected chi connectivity index (χ4v) is 1.95. The number of halogens is 3. The highest BCUT2D eigenvalue weighted by Crippen LogP contribution is 2.14. The first-order valence-electron chi connectivity index (χ1n) is 6.14. The first-order chi connectivity index (χ1) is 8.37. The fourth-order valence-electron chi connectivity index (χ4n) is 1.95. The van der Waals surface area contributed by atoms with Gasteiger partial charge in [0, 0.05) is 39.3 Å². The van der Waals surface area contributed by atoms with Crippen LogP contribution in [0.3, 0.4) is 0 Å². The van der Waals surface area contributed by atoms with Gasteiger partial charge in [0.25, 0.3) is 0 Å². The molecule has 0 aromatic heterocycles. The third-order valence-electron chi connectivity index (χ3n) is 2.80. The molecule has 108 valence electrons. The normalized spacial score (nSPS) is 21.2. The van der Waals surface area contributed by atoms with Crippen molar-refractivity contribution in [1.82, 2.24) is 9.80 Å². The molecule has 18 heavy (non-hydrogen) atoms. The van der Waals surface area contributed by atoms with E-state index in [1.54, 1.807) is 6.92 Å². The Kier molecular flexibility index (Phi) is 6.34. The number of hydrogen-bond donors (Lipinski definition) is 1. The molecular weight excluding hydrogens is 249 g/mol. The van der Waals surface area contributed by atoms with Gasteiger partial charge in [0.1, 0.15) is 6.61 Å². The lowest BCUT2D eigenvalue weighted by Crippen LogP contribution is -2.49. The van der Waals surface area contributed by atoms with Crippen LogP contribution in [0.1, 0.15) is 6.92 Å². The van der Waals surface area contributed by atoms with Crippen molar-refractivity contribution in [3.05, 3.63) is 0 Å². The standard InChI is InChI=1S/C11H21F3N2O2/c1-10(17)8-16-4-2-15(3-5-16)6-7-18-9-11(12,13)14/h10,17H,2-9H2,1H3/t10-/m0/s1. The van der Waals surface area contributed by atoms with Gasteiger partial charge >= 0.3 is 6.18 Å². The van der Waals surface area contributed by atoms with Crippen LogP contribution in [0.2, 0.25) is 0 Å². The maximum atomic E-state index is 11.8. The monoisotopic (exact) mass is 270 g/mol. The molecule has 0 aliphatic carbocycles. The summed E-state index contributed by atoms with van der Waals surface area (Å²) >= 11 is 0. The van der Waals surface area contributed by atoms with Crippen LogP contribution in [-0.2, 0) is 4.74 Å². The van der Waals surface area contributed by atoms with Gasteiger partial charge in [0.05, 0.1) is 12.7 Å². The van der Waals surface area contributed by atoms with E-state index in [2.05, 4.69) is 14.5 Å². The second kappa shape index (κ2) is 7.28. The largest absolute Gasteiger partial charge is 0.411 e. The first kappa shape index (κ1) is 15.7. The number of aliphatic hydroxyl groups excluding tert-OH is 1. The smallest absolute Gasteiger partial charge is 0.392 e. The average Bonchev–Trinajstić information content (AvgIpc) is 2.24. The van der Waals surface area contributed by atoms with Gasteiger partial charge in [-0.05, 0) is 6.92 Å². The highest BCUT2D eigenvalue weighted by atomic mass is 19.4. The van der Waals surface area contributed by atoms with Crippen LogP contribution in [-0.4, -0.2) is 79.7 Å². The van der Waals surface area contributed by atoms with E-state index in [1.165, 1.54) is 0 Å². The molecule has 0 amide bonds. The summed E-state index contributed by atoms with van der Waals surface area (Å²) in [6, 6.07) is 0. The molecule has 0 saturated carbocycles. The molecule has 1 aliphatic rings. The van der Waals surface area contributed by atoms with Gasteiger partial charge in [-0.2, -0.15) is 13.2 Å². The Bertz CT molecular complexity index is 229. The molecule has 1 fully saturated rings. The van der Waals surface area contributed by atoms with Crippen molar-refractivity contribution in [2.24, 2.45) is 0 Å². The van der Waals surface area contributed by atoms with Crippen LogP contribution in [0.4, 0.5) is 13.2 Å². The predicted molar refractivity (Wildman–Crippen MR) is 61.4 cm³/mol. The summed E-state index contributed by atoms with van der Waals surface area (Å²) in [5, 5.41) is 9.24. The van der Waals surface area contributed by atoms with Gasteiger partial charge in [-0.15, -0.1) is 0 Å². The summed E-state index contributed by atoms with van der Waals surface area (Å²) in [5.41, 5.74) is 0. The number of aliphatic hydroxyl groups is 1. The Morgan fingerprint density at radius 1 is 1.17 bits per heavy atom. The molecule has 7 heteroatoms. The molecular formula is C11H21F3N2O2. The van der Waals surface area contributed by atoms with Crippen molar-refractivity contribution in [1.29, 1.82) is 0 Å². The highest BCUT2D eigenvalue weighted by molar-refractivity contribution is 4.72. The molecule has 1 N–H and O–H groups in total. The summed E-state index contributed by atoms with van der Waals surface area (Å²) < 4.78 is 40.0. The van der Waals surface area contributed by atoms with Crippen LogP contribution in [0.15, 0.2) is 0 Å². The van der Waals surface area contributed by atoms with Crippen LogP contribution >= 0.6 is 0 Å². The zero-order valence-corrected chi connectivity index (χ0v) is 10.6. The van der Waals surface area contributed by atoms with Gasteiger partial charge in [0.2, 0.25) is 0 Å². The minimum absolute atomic E-state index is 0.107. The molecule has 1 rings (SSSR count). The summed E-state index contributed by atoms with van der Waals surface area (Å²) in [5.74, 6) is 0. The van der Waals surface area contributed by atoms with Crippen molar-refractivity contribution in [2.45, 2.75) is 19.2 Å². The van der Waals surface area contributed by atoms with E-state index >= 15 is 0 Å². The Balaban J connectivity index is 2.05. The SMILES string of the molecule is C[C@H](O)CN1CCN(CCOCC(F)(F)F)CC1. The third kappa shape index (κ3) is 7.15. The zero-order chi connectivity index (χ0) is 13.6. The number of ether oxygens (including phenoxy) is 1. The zero-order valence-electron chi connectivity index (χ0n) is 10.6. The lowest BCUT2D eigenvalue weighted by atomic mass is 10.3. The second-order valence-electron chi connectivity index (χ2n) is 4.66. The number of β-amino-alcohol motifs (C(OH)–C–C–N with tert-alkyl or cyclic N) is 1. The maximum Gasteiger partial charge on any atom is 0.411 e. The topological polar surface area (TPSA) is 35.9 Å². The van der Waals surface area contributed by atoms with E-state index in [4.69, 9.17) is 0 Å². The van der Waals surface area contributed by atoms with E-state index in [0.717, 1.165) is 26.2 Å². The van der Waals surface area contributed by atoms with Crippen molar-refractivity contribution >= 4 is 0 Å². The fraction of sp³-hybridized carbons (Fsp3) is 1.00. The average molecular weight is 270 g/mol. The van der Waals surface area contributed by atoms with Crippen molar-refractivity contribution in [3.8, 4) is 0 Å². The lowest BCUT2D eigenvalue weighted by molar-refractivity contribution is -0.174. The van der Waals surface area contributed by atoms with E-state index < -0.39 is 12.8 Å². The molecule has 0 aromatic rings. The summed E-state index contributed by atoms with van der Waals surface area (Å²) in [7, 11) is 0. The minimum atomic E-state index is -4.24. The van der Waals surface area contributed by atoms with Gasteiger partial charge in [0.15, 0.2) is 0 Å². The molecule has 1 saturated heterocycles. The summed E-state index contributed by atoms with van der Waals surface area (Å²) in [6.45, 7) is 5.15. The van der Waals surface area contributed by atoms with E-state index in [9.17, 15) is 18.3 Å². The Labute approximate surface area is 105 Å². The molecule has 0 bridgehead atoms. The van der Waals surface area contributed by atoms with Crippen molar-refractivity contribution in [2.75, 3.05) is 52.5 Å². The molecule has 0 spiro atoms. The van der Waals surface area contributed by atoms with Gasteiger partial charge < -0.3 is 9.84 Å². The van der Waals surface area contributed by atoms with Crippen molar-refractivity contribution in [3.63, 3.8) is 0 Å². The summed E-state index contributed by atoms with van der Waals surface area (Å²) in [4.78, 5) is 4.23. The van der Waals surface area contributed by atoms with Gasteiger partial charge in [-0.25, -0.2) is 0 Å². The number of rotatable bonds is 6. The minimum Gasteiger partial charge on any atom is -0.392 e. The van der Waals surface area contributed by atoms with E-state index in [1.807, 2.05) is 0 Å². The van der Waals surface area contributed by atoms with Gasteiger partial charge in [-0.1, -0.05) is 0 Å². The number of alkyl halides is 3. The number of nitrogens with zero attached hydrogens (tertiary/aromatic N) is 2. The summed E-state index contributed by atoms with van der Waals surface area (Å²) in [6.07, 6.45) is -4.58. The maximum absolute atomic E-state index is 11.8. The van der Waals surface area contributed by atoms with Crippen LogP contribution in [0.5, 0.6) is 0 Å². The highest BCUT2D eigenvalue weighted by Gasteiger charge is 2.27. The first-order valence-corrected chi connectivity index (χ1v) is 6.14. The van der Waals surface area contributed by atoms with Crippen LogP contribution in [0.25, 0.3) is 0 Å². The number of piperazine rings is 1. The van der Waals surface area contributed by atoms with Gasteiger partial charge in [-0.3, -0.25) is 9.80 Å². The van der Waals surface area contributed by atoms with Crippen LogP contribution in [0, 0.1) is 0 Å². The third-order valence-corrected chi connectivity index (χ3v) is 2.80. The molecule has 4 nitrogen and oxygen atoms in total. The molecule has 1 aliphatic heterocycles. The molecule has 1 heterocycles. The lowest BCUT2D eigenvalue weighted by Gasteiger charge is -2.35. The van der Waals surface area contributed by atoms with Crippen LogP contribution < -0.4 is 0 Å². The van der Waals surface area contributed by atoms with E-state index in [-0.39, 0.29) is 12.7 Å². The molecule has 0 aromatic carbocycles.